The van der Waals surface area contributed by atoms with Gasteiger partial charge in [0.1, 0.15) is 0 Å². The molecule has 0 saturated heterocycles. The molecule has 0 atom stereocenters. The van der Waals surface area contributed by atoms with Crippen LogP contribution in [-0.4, -0.2) is 18.2 Å². The molecule has 1 aliphatic heterocycles. The average molecular weight is 257 g/mol. The number of ketones is 1. The van der Waals surface area contributed by atoms with Crippen molar-refractivity contribution in [2.24, 2.45) is 5.92 Å². The molecule has 3 rings (SSSR count). The minimum absolute atomic E-state index is 0.330. The molecule has 100 valence electrons. The Balaban J connectivity index is 1.90. The van der Waals surface area contributed by atoms with Gasteiger partial charge >= 0.3 is 0 Å². The van der Waals surface area contributed by atoms with Crippen molar-refractivity contribution in [2.45, 2.75) is 39.0 Å². The fraction of sp³-hybridized carbons (Fsp3) is 0.500. The number of carbonyl (C=O) groups excluding carboxylic acids is 2. The summed E-state index contributed by atoms with van der Waals surface area (Å²) < 4.78 is 0. The third-order valence-electron chi connectivity index (χ3n) is 4.36. The lowest BCUT2D eigenvalue weighted by Crippen LogP contribution is -2.33. The summed E-state index contributed by atoms with van der Waals surface area (Å²) in [6, 6.07) is 5.84. The maximum Gasteiger partial charge on any atom is 0.299 e. The van der Waals surface area contributed by atoms with E-state index < -0.39 is 0 Å². The van der Waals surface area contributed by atoms with Gasteiger partial charge in [0.15, 0.2) is 0 Å². The number of benzene rings is 1. The van der Waals surface area contributed by atoms with Crippen LogP contribution in [0, 0.1) is 5.92 Å². The second kappa shape index (κ2) is 4.80. The van der Waals surface area contributed by atoms with Gasteiger partial charge in [0, 0.05) is 6.54 Å². The summed E-state index contributed by atoms with van der Waals surface area (Å²) in [4.78, 5) is 25.9. The Morgan fingerprint density at radius 1 is 1.21 bits per heavy atom. The van der Waals surface area contributed by atoms with Gasteiger partial charge in [-0.1, -0.05) is 25.8 Å². The second-order valence-electron chi connectivity index (χ2n) is 5.60. The molecule has 0 aromatic heterocycles. The van der Waals surface area contributed by atoms with Gasteiger partial charge in [-0.3, -0.25) is 9.59 Å². The molecule has 1 aliphatic carbocycles. The largest absolute Gasteiger partial charge is 0.304 e. The Hall–Kier alpha value is -1.64. The van der Waals surface area contributed by atoms with Gasteiger partial charge in [-0.25, -0.2) is 0 Å². The van der Waals surface area contributed by atoms with Crippen LogP contribution in [0.5, 0.6) is 0 Å². The molecule has 3 heteroatoms. The highest BCUT2D eigenvalue weighted by Crippen LogP contribution is 2.33. The van der Waals surface area contributed by atoms with E-state index in [-0.39, 0.29) is 11.7 Å². The van der Waals surface area contributed by atoms with E-state index in [4.69, 9.17) is 0 Å². The van der Waals surface area contributed by atoms with Gasteiger partial charge in [0.05, 0.1) is 11.3 Å². The number of rotatable bonds is 3. The van der Waals surface area contributed by atoms with E-state index in [2.05, 4.69) is 6.92 Å². The monoisotopic (exact) mass is 257 g/mol. The standard InChI is InChI=1S/C16H19NO2/c1-2-11-7-8-14-13(9-11)15(18)16(19)17(14)10-12-5-3-4-6-12/h7-9,12H,2-6,10H2,1H3. The van der Waals surface area contributed by atoms with Crippen molar-refractivity contribution in [3.63, 3.8) is 0 Å². The molecule has 1 aromatic carbocycles. The minimum Gasteiger partial charge on any atom is -0.304 e. The van der Waals surface area contributed by atoms with Crippen LogP contribution in [0.3, 0.4) is 0 Å². The van der Waals surface area contributed by atoms with E-state index in [1.54, 1.807) is 4.90 Å². The number of nitrogens with zero attached hydrogens (tertiary/aromatic N) is 1. The van der Waals surface area contributed by atoms with E-state index in [1.807, 2.05) is 18.2 Å². The predicted octanol–water partition coefficient (Wildman–Crippen LogP) is 2.97. The number of anilines is 1. The third-order valence-corrected chi connectivity index (χ3v) is 4.36. The van der Waals surface area contributed by atoms with Gasteiger partial charge in [0.2, 0.25) is 0 Å². The fourth-order valence-electron chi connectivity index (χ4n) is 3.20. The molecule has 1 saturated carbocycles. The normalized spacial score (nSPS) is 19.3. The first-order chi connectivity index (χ1) is 9.20. The summed E-state index contributed by atoms with van der Waals surface area (Å²) >= 11 is 0. The number of carbonyl (C=O) groups is 2. The Labute approximate surface area is 113 Å². The highest BCUT2D eigenvalue weighted by atomic mass is 16.2. The van der Waals surface area contributed by atoms with Crippen LogP contribution in [0.15, 0.2) is 18.2 Å². The van der Waals surface area contributed by atoms with Gasteiger partial charge in [-0.15, -0.1) is 0 Å². The summed E-state index contributed by atoms with van der Waals surface area (Å²) in [6.45, 7) is 2.77. The summed E-state index contributed by atoms with van der Waals surface area (Å²) in [5.74, 6) is -0.105. The molecular formula is C16H19NO2. The molecule has 0 bridgehead atoms. The van der Waals surface area contributed by atoms with Gasteiger partial charge in [-0.2, -0.15) is 0 Å². The number of aryl methyl sites for hydroxylation is 1. The van der Waals surface area contributed by atoms with E-state index in [0.717, 1.165) is 17.7 Å². The highest BCUT2D eigenvalue weighted by molar-refractivity contribution is 6.52. The van der Waals surface area contributed by atoms with Gasteiger partial charge < -0.3 is 4.90 Å². The summed E-state index contributed by atoms with van der Waals surface area (Å²) in [5.41, 5.74) is 2.53. The number of hydrogen-bond donors (Lipinski definition) is 0. The van der Waals surface area contributed by atoms with Crippen molar-refractivity contribution in [3.8, 4) is 0 Å². The van der Waals surface area contributed by atoms with Crippen LogP contribution in [0.2, 0.25) is 0 Å². The van der Waals surface area contributed by atoms with Crippen LogP contribution < -0.4 is 4.90 Å². The molecule has 1 aromatic rings. The van der Waals surface area contributed by atoms with Gasteiger partial charge in [0.25, 0.3) is 11.7 Å². The number of fused-ring (bicyclic) bond motifs is 1. The van der Waals surface area contributed by atoms with Crippen molar-refractivity contribution in [1.82, 2.24) is 0 Å². The summed E-state index contributed by atoms with van der Waals surface area (Å²) in [5, 5.41) is 0. The molecule has 1 amide bonds. The first-order valence-electron chi connectivity index (χ1n) is 7.20. The van der Waals surface area contributed by atoms with Crippen molar-refractivity contribution < 1.29 is 9.59 Å². The molecule has 0 spiro atoms. The van der Waals surface area contributed by atoms with E-state index in [0.29, 0.717) is 18.0 Å². The van der Waals surface area contributed by atoms with Crippen LogP contribution in [0.4, 0.5) is 5.69 Å². The number of amides is 1. The zero-order chi connectivity index (χ0) is 13.4. The number of Topliss-reactive ketones (excluding diaryl/α,β-unsaturated/α-hetero) is 1. The molecule has 0 N–H and O–H groups in total. The van der Waals surface area contributed by atoms with E-state index in [9.17, 15) is 9.59 Å². The Morgan fingerprint density at radius 2 is 1.95 bits per heavy atom. The first kappa shape index (κ1) is 12.4. The predicted molar refractivity (Wildman–Crippen MR) is 74.5 cm³/mol. The maximum absolute atomic E-state index is 12.1. The van der Waals surface area contributed by atoms with Crippen molar-refractivity contribution in [2.75, 3.05) is 11.4 Å². The third kappa shape index (κ3) is 2.07. The molecule has 1 heterocycles. The lowest BCUT2D eigenvalue weighted by Gasteiger charge is -2.20. The quantitative estimate of drug-likeness (QED) is 0.781. The van der Waals surface area contributed by atoms with Crippen LogP contribution in [0.1, 0.15) is 48.5 Å². The summed E-state index contributed by atoms with van der Waals surface area (Å²) in [7, 11) is 0. The van der Waals surface area contributed by atoms with E-state index >= 15 is 0 Å². The van der Waals surface area contributed by atoms with Gasteiger partial charge in [-0.05, 0) is 42.9 Å². The van der Waals surface area contributed by atoms with Crippen LogP contribution >= 0.6 is 0 Å². The molecule has 0 radical (unpaired) electrons. The number of hydrogen-bond acceptors (Lipinski definition) is 2. The topological polar surface area (TPSA) is 37.4 Å². The van der Waals surface area contributed by atoms with E-state index in [1.165, 1.54) is 25.7 Å². The Kier molecular flexibility index (Phi) is 3.13. The molecule has 0 unspecified atom stereocenters. The molecule has 1 fully saturated rings. The Bertz CT molecular complexity index is 530. The highest BCUT2D eigenvalue weighted by Gasteiger charge is 2.37. The SMILES string of the molecule is CCc1ccc2c(c1)C(=O)C(=O)N2CC1CCCC1. The Morgan fingerprint density at radius 3 is 2.63 bits per heavy atom. The maximum atomic E-state index is 12.1. The zero-order valence-corrected chi connectivity index (χ0v) is 11.3. The smallest absolute Gasteiger partial charge is 0.299 e. The fourth-order valence-corrected chi connectivity index (χ4v) is 3.20. The van der Waals surface area contributed by atoms with Crippen LogP contribution in [-0.2, 0) is 11.2 Å². The van der Waals surface area contributed by atoms with Crippen molar-refractivity contribution in [3.05, 3.63) is 29.3 Å². The molecule has 3 nitrogen and oxygen atoms in total. The molecular weight excluding hydrogens is 238 g/mol. The summed E-state index contributed by atoms with van der Waals surface area (Å²) in [6.07, 6.45) is 5.75. The second-order valence-corrected chi connectivity index (χ2v) is 5.60. The lowest BCUT2D eigenvalue weighted by atomic mass is 10.1. The van der Waals surface area contributed by atoms with Crippen LogP contribution in [0.25, 0.3) is 0 Å². The van der Waals surface area contributed by atoms with Crippen molar-refractivity contribution in [1.29, 1.82) is 0 Å². The molecule has 2 aliphatic rings. The zero-order valence-electron chi connectivity index (χ0n) is 11.3. The molecule has 19 heavy (non-hydrogen) atoms. The average Bonchev–Trinajstić information content (AvgIpc) is 3.02. The minimum atomic E-state index is -0.338. The first-order valence-corrected chi connectivity index (χ1v) is 7.20. The van der Waals surface area contributed by atoms with Crippen molar-refractivity contribution >= 4 is 17.4 Å². The lowest BCUT2D eigenvalue weighted by molar-refractivity contribution is -0.114.